The Bertz CT molecular complexity index is 602. The number of hydrogen-bond donors (Lipinski definition) is 0. The van der Waals surface area contributed by atoms with Crippen LogP contribution >= 0.6 is 11.6 Å². The van der Waals surface area contributed by atoms with Crippen LogP contribution in [0, 0.1) is 11.3 Å². The Hall–Kier alpha value is -1.22. The molecule has 0 atom stereocenters. The number of ether oxygens (including phenoxy) is 1. The Morgan fingerprint density at radius 2 is 2.05 bits per heavy atom. The molecule has 2 aromatic rings. The van der Waals surface area contributed by atoms with Gasteiger partial charge in [-0.15, -0.1) is 11.6 Å². The molecule has 0 fully saturated rings. The Kier molecular flexibility index (Phi) is 4.28. The molecule has 0 saturated carbocycles. The first-order valence-electron chi connectivity index (χ1n) is 6.98. The van der Waals surface area contributed by atoms with Crippen molar-refractivity contribution in [3.63, 3.8) is 0 Å². The number of benzene rings is 1. The first kappa shape index (κ1) is 15.2. The van der Waals surface area contributed by atoms with Crippen molar-refractivity contribution in [1.29, 1.82) is 0 Å². The van der Waals surface area contributed by atoms with Crippen molar-refractivity contribution in [3.05, 3.63) is 24.0 Å². The quantitative estimate of drug-likeness (QED) is 0.761. The van der Waals surface area contributed by atoms with Gasteiger partial charge in [-0.2, -0.15) is 0 Å². The predicted molar refractivity (Wildman–Crippen MR) is 84.5 cm³/mol. The summed E-state index contributed by atoms with van der Waals surface area (Å²) in [5.74, 6) is 2.75. The summed E-state index contributed by atoms with van der Waals surface area (Å²) in [5.41, 5.74) is 2.25. The molecule has 0 unspecified atom stereocenters. The Balaban J connectivity index is 2.51. The smallest absolute Gasteiger partial charge is 0.124 e. The minimum atomic E-state index is 0.189. The lowest BCUT2D eigenvalue weighted by Gasteiger charge is -2.30. The summed E-state index contributed by atoms with van der Waals surface area (Å²) in [6.07, 6.45) is 0. The van der Waals surface area contributed by atoms with Crippen LogP contribution in [0.2, 0.25) is 0 Å². The maximum Gasteiger partial charge on any atom is 0.124 e. The molecule has 0 amide bonds. The van der Waals surface area contributed by atoms with Gasteiger partial charge in [0.15, 0.2) is 0 Å². The highest BCUT2D eigenvalue weighted by Gasteiger charge is 2.25. The van der Waals surface area contributed by atoms with Gasteiger partial charge in [-0.05, 0) is 23.5 Å². The number of aromatic nitrogens is 2. The zero-order valence-corrected chi connectivity index (χ0v) is 13.7. The maximum atomic E-state index is 6.07. The maximum absolute atomic E-state index is 6.07. The third kappa shape index (κ3) is 2.78. The van der Waals surface area contributed by atoms with Crippen molar-refractivity contribution in [1.82, 2.24) is 9.55 Å². The second kappa shape index (κ2) is 5.65. The Morgan fingerprint density at radius 3 is 2.60 bits per heavy atom. The van der Waals surface area contributed by atoms with E-state index >= 15 is 0 Å². The fraction of sp³-hybridized carbons (Fsp3) is 0.562. The van der Waals surface area contributed by atoms with Crippen LogP contribution in [0.4, 0.5) is 0 Å². The van der Waals surface area contributed by atoms with Gasteiger partial charge in [0.1, 0.15) is 11.6 Å². The largest absolute Gasteiger partial charge is 0.497 e. The van der Waals surface area contributed by atoms with Crippen molar-refractivity contribution in [2.45, 2.75) is 40.1 Å². The van der Waals surface area contributed by atoms with Crippen LogP contribution in [-0.4, -0.2) is 16.7 Å². The van der Waals surface area contributed by atoms with Gasteiger partial charge >= 0.3 is 0 Å². The van der Waals surface area contributed by atoms with Crippen LogP contribution in [0.15, 0.2) is 18.2 Å². The van der Waals surface area contributed by atoms with E-state index < -0.39 is 0 Å². The minimum Gasteiger partial charge on any atom is -0.497 e. The number of methoxy groups -OCH3 is 1. The van der Waals surface area contributed by atoms with Crippen LogP contribution in [0.1, 0.15) is 33.5 Å². The van der Waals surface area contributed by atoms with E-state index in [2.05, 4.69) is 43.3 Å². The van der Waals surface area contributed by atoms with Gasteiger partial charge in [-0.3, -0.25) is 0 Å². The highest BCUT2D eigenvalue weighted by molar-refractivity contribution is 6.16. The lowest BCUT2D eigenvalue weighted by Crippen LogP contribution is -2.26. The fourth-order valence-electron chi connectivity index (χ4n) is 2.15. The first-order valence-corrected chi connectivity index (χ1v) is 7.51. The molecule has 1 heterocycles. The summed E-state index contributed by atoms with van der Waals surface area (Å²) in [7, 11) is 1.67. The number of alkyl halides is 1. The SMILES string of the molecule is COc1ccc2c(c1)nc(CCl)n2CC(C)(C)C(C)C. The average Bonchev–Trinajstić information content (AvgIpc) is 2.75. The van der Waals surface area contributed by atoms with Crippen LogP contribution in [0.3, 0.4) is 0 Å². The third-order valence-electron chi connectivity index (χ3n) is 4.28. The predicted octanol–water partition coefficient (Wildman–Crippen LogP) is 4.47. The number of fused-ring (bicyclic) bond motifs is 1. The van der Waals surface area contributed by atoms with Gasteiger partial charge in [-0.25, -0.2) is 4.98 Å². The van der Waals surface area contributed by atoms with Crippen molar-refractivity contribution >= 4 is 22.6 Å². The Labute approximate surface area is 125 Å². The van der Waals surface area contributed by atoms with Gasteiger partial charge in [0, 0.05) is 12.6 Å². The standard InChI is InChI=1S/C16H23ClN2O/c1-11(2)16(3,4)10-19-14-7-6-12(20-5)8-13(14)18-15(19)9-17/h6-8,11H,9-10H2,1-5H3. The molecule has 1 aromatic heterocycles. The molecule has 0 N–H and O–H groups in total. The second-order valence-corrected chi connectivity index (χ2v) is 6.51. The van der Waals surface area contributed by atoms with E-state index in [1.807, 2.05) is 12.1 Å². The van der Waals surface area contributed by atoms with Gasteiger partial charge in [0.05, 0.1) is 24.0 Å². The highest BCUT2D eigenvalue weighted by Crippen LogP contribution is 2.31. The summed E-state index contributed by atoms with van der Waals surface area (Å²) in [6, 6.07) is 6.00. The fourth-order valence-corrected chi connectivity index (χ4v) is 2.36. The number of hydrogen-bond acceptors (Lipinski definition) is 2. The van der Waals surface area contributed by atoms with Gasteiger partial charge in [-0.1, -0.05) is 27.7 Å². The zero-order valence-electron chi connectivity index (χ0n) is 12.9. The van der Waals surface area contributed by atoms with E-state index in [0.29, 0.717) is 11.8 Å². The van der Waals surface area contributed by atoms with E-state index in [4.69, 9.17) is 16.3 Å². The van der Waals surface area contributed by atoms with Crippen molar-refractivity contribution in [2.75, 3.05) is 7.11 Å². The van der Waals surface area contributed by atoms with Crippen LogP contribution in [0.5, 0.6) is 5.75 Å². The van der Waals surface area contributed by atoms with E-state index in [1.165, 1.54) is 0 Å². The molecular weight excluding hydrogens is 272 g/mol. The number of rotatable bonds is 5. The summed E-state index contributed by atoms with van der Waals surface area (Å²) in [6.45, 7) is 9.98. The second-order valence-electron chi connectivity index (χ2n) is 6.25. The number of imidazole rings is 1. The number of halogens is 1. The molecule has 2 rings (SSSR count). The number of nitrogens with zero attached hydrogens (tertiary/aromatic N) is 2. The van der Waals surface area contributed by atoms with Gasteiger partial charge < -0.3 is 9.30 Å². The van der Waals surface area contributed by atoms with E-state index in [-0.39, 0.29) is 5.41 Å². The first-order chi connectivity index (χ1) is 9.39. The summed E-state index contributed by atoms with van der Waals surface area (Å²) in [5, 5.41) is 0. The van der Waals surface area contributed by atoms with Crippen molar-refractivity contribution in [3.8, 4) is 5.75 Å². The van der Waals surface area contributed by atoms with E-state index in [0.717, 1.165) is 29.2 Å². The molecule has 4 heteroatoms. The molecule has 3 nitrogen and oxygen atoms in total. The van der Waals surface area contributed by atoms with Crippen molar-refractivity contribution < 1.29 is 4.74 Å². The van der Waals surface area contributed by atoms with Gasteiger partial charge in [0.2, 0.25) is 0 Å². The summed E-state index contributed by atoms with van der Waals surface area (Å²) < 4.78 is 7.50. The molecule has 110 valence electrons. The van der Waals surface area contributed by atoms with Crippen LogP contribution in [-0.2, 0) is 12.4 Å². The van der Waals surface area contributed by atoms with Crippen LogP contribution < -0.4 is 4.74 Å². The lowest BCUT2D eigenvalue weighted by molar-refractivity contribution is 0.211. The zero-order chi connectivity index (χ0) is 14.9. The molecule has 0 aliphatic carbocycles. The van der Waals surface area contributed by atoms with Crippen molar-refractivity contribution in [2.24, 2.45) is 11.3 Å². The van der Waals surface area contributed by atoms with Gasteiger partial charge in [0.25, 0.3) is 0 Å². The topological polar surface area (TPSA) is 27.1 Å². The summed E-state index contributed by atoms with van der Waals surface area (Å²) in [4.78, 5) is 4.63. The molecule has 1 aromatic carbocycles. The molecule has 0 radical (unpaired) electrons. The monoisotopic (exact) mass is 294 g/mol. The molecule has 0 bridgehead atoms. The normalized spacial score (nSPS) is 12.3. The van der Waals surface area contributed by atoms with Crippen LogP contribution in [0.25, 0.3) is 11.0 Å². The molecular formula is C16H23ClN2O. The third-order valence-corrected chi connectivity index (χ3v) is 4.52. The lowest BCUT2D eigenvalue weighted by atomic mass is 9.81. The van der Waals surface area contributed by atoms with E-state index in [9.17, 15) is 0 Å². The molecule has 20 heavy (non-hydrogen) atoms. The molecule has 0 saturated heterocycles. The summed E-state index contributed by atoms with van der Waals surface area (Å²) >= 11 is 6.07. The molecule has 0 aliphatic rings. The highest BCUT2D eigenvalue weighted by atomic mass is 35.5. The van der Waals surface area contributed by atoms with E-state index in [1.54, 1.807) is 7.11 Å². The molecule has 0 spiro atoms. The Morgan fingerprint density at radius 1 is 1.35 bits per heavy atom. The molecule has 0 aliphatic heterocycles. The minimum absolute atomic E-state index is 0.189. The average molecular weight is 295 g/mol.